The maximum atomic E-state index is 13.9. The number of hydrogen-bond acceptors (Lipinski definition) is 5. The minimum atomic E-state index is -0.463. The van der Waals surface area contributed by atoms with Crippen LogP contribution in [0.4, 0.5) is 4.39 Å². The van der Waals surface area contributed by atoms with E-state index in [1.54, 1.807) is 25.3 Å². The van der Waals surface area contributed by atoms with Crippen molar-refractivity contribution in [1.29, 1.82) is 0 Å². The van der Waals surface area contributed by atoms with Crippen LogP contribution in [0.5, 0.6) is 5.75 Å². The summed E-state index contributed by atoms with van der Waals surface area (Å²) in [7, 11) is 1.69. The molecule has 1 aliphatic heterocycles. The van der Waals surface area contributed by atoms with Gasteiger partial charge in [0.2, 0.25) is 0 Å². The van der Waals surface area contributed by atoms with Crippen LogP contribution in [0.25, 0.3) is 0 Å². The van der Waals surface area contributed by atoms with Gasteiger partial charge in [-0.1, -0.05) is 57.5 Å². The minimum absolute atomic E-state index is 0.0925. The highest BCUT2D eigenvalue weighted by atomic mass is 35.5. The highest BCUT2D eigenvalue weighted by Crippen LogP contribution is 2.54. The zero-order valence-corrected chi connectivity index (χ0v) is 25.4. The number of ketones is 2. The molecule has 5 rings (SSSR count). The molecule has 0 radical (unpaired) electrons. The number of nitrogens with zero attached hydrogens (tertiary/aromatic N) is 1. The van der Waals surface area contributed by atoms with Crippen LogP contribution in [0.3, 0.4) is 0 Å². The summed E-state index contributed by atoms with van der Waals surface area (Å²) in [6.45, 7) is 10.1. The Balaban J connectivity index is 1.58. The highest BCUT2D eigenvalue weighted by molar-refractivity contribution is 6.32. The summed E-state index contributed by atoms with van der Waals surface area (Å²) in [6.07, 6.45) is 3.18. The molecule has 0 fully saturated rings. The first-order chi connectivity index (χ1) is 19.4. The van der Waals surface area contributed by atoms with Gasteiger partial charge in [-0.25, -0.2) is 4.39 Å². The molecule has 0 bridgehead atoms. The molecule has 0 aromatic heterocycles. The third-order valence-electron chi connectivity index (χ3n) is 8.35. The van der Waals surface area contributed by atoms with Gasteiger partial charge >= 0.3 is 0 Å². The van der Waals surface area contributed by atoms with E-state index in [1.165, 1.54) is 12.1 Å². The lowest BCUT2D eigenvalue weighted by atomic mass is 9.63. The van der Waals surface area contributed by atoms with E-state index >= 15 is 0 Å². The summed E-state index contributed by atoms with van der Waals surface area (Å²) in [6, 6.07) is 11.7. The van der Waals surface area contributed by atoms with Crippen LogP contribution in [-0.2, 0) is 20.9 Å². The average molecular weight is 580 g/mol. The predicted molar refractivity (Wildman–Crippen MR) is 158 cm³/mol. The number of methoxy groups -OCH3 is 1. The van der Waals surface area contributed by atoms with E-state index < -0.39 is 5.92 Å². The Morgan fingerprint density at radius 3 is 2.02 bits per heavy atom. The Bertz CT molecular complexity index is 1370. The summed E-state index contributed by atoms with van der Waals surface area (Å²) >= 11 is 6.76. The van der Waals surface area contributed by atoms with Crippen molar-refractivity contribution < 1.29 is 23.5 Å². The van der Waals surface area contributed by atoms with Crippen molar-refractivity contribution in [3.8, 4) is 5.75 Å². The monoisotopic (exact) mass is 579 g/mol. The van der Waals surface area contributed by atoms with Crippen LogP contribution in [0.15, 0.2) is 65.0 Å². The second-order valence-electron chi connectivity index (χ2n) is 13.1. The Morgan fingerprint density at radius 2 is 1.49 bits per heavy atom. The number of carbonyl (C=O) groups is 2. The molecule has 2 aromatic rings. The number of Topliss-reactive ketones (excluding diaryl/α,β-unsaturated/α-hetero) is 2. The van der Waals surface area contributed by atoms with Crippen LogP contribution in [0.2, 0.25) is 5.02 Å². The third-order valence-corrected chi connectivity index (χ3v) is 8.64. The fourth-order valence-electron chi connectivity index (χ4n) is 6.57. The molecular weight excluding hydrogens is 541 g/mol. The average Bonchev–Trinajstić information content (AvgIpc) is 2.88. The molecule has 0 spiro atoms. The fraction of sp³-hybridized carbons (Fsp3) is 0.471. The quantitative estimate of drug-likeness (QED) is 0.299. The summed E-state index contributed by atoms with van der Waals surface area (Å²) in [5, 5.41) is 0.406. The predicted octanol–water partition coefficient (Wildman–Crippen LogP) is 7.78. The number of allylic oxidation sites excluding steroid dienone is 4. The zero-order valence-electron chi connectivity index (χ0n) is 24.6. The van der Waals surface area contributed by atoms with Crippen LogP contribution < -0.4 is 4.74 Å². The van der Waals surface area contributed by atoms with Crippen molar-refractivity contribution in [3.63, 3.8) is 0 Å². The molecule has 0 saturated carbocycles. The van der Waals surface area contributed by atoms with Gasteiger partial charge in [-0.05, 0) is 65.5 Å². The number of halogens is 2. The Labute approximate surface area is 247 Å². The normalized spacial score (nSPS) is 20.3. The lowest BCUT2D eigenvalue weighted by Gasteiger charge is -2.49. The summed E-state index contributed by atoms with van der Waals surface area (Å²) < 4.78 is 24.6. The van der Waals surface area contributed by atoms with E-state index in [2.05, 4.69) is 32.6 Å². The smallest absolute Gasteiger partial charge is 0.162 e. The fourth-order valence-corrected chi connectivity index (χ4v) is 6.82. The van der Waals surface area contributed by atoms with E-state index in [-0.39, 0.29) is 34.8 Å². The zero-order chi connectivity index (χ0) is 29.5. The van der Waals surface area contributed by atoms with E-state index in [4.69, 9.17) is 21.1 Å². The summed E-state index contributed by atoms with van der Waals surface area (Å²) in [5.74, 6) is -0.0868. The Hall–Kier alpha value is -2.96. The van der Waals surface area contributed by atoms with Gasteiger partial charge in [0.05, 0.1) is 5.02 Å². The first-order valence-corrected chi connectivity index (χ1v) is 14.7. The molecule has 7 heteroatoms. The number of carbonyl (C=O) groups excluding carboxylic acids is 2. The lowest BCUT2D eigenvalue weighted by Crippen LogP contribution is -2.44. The van der Waals surface area contributed by atoms with E-state index in [0.717, 1.165) is 52.9 Å². The van der Waals surface area contributed by atoms with Crippen LogP contribution >= 0.6 is 11.6 Å². The van der Waals surface area contributed by atoms with Gasteiger partial charge in [-0.2, -0.15) is 0 Å². The largest absolute Gasteiger partial charge is 0.487 e. The Morgan fingerprint density at radius 1 is 0.902 bits per heavy atom. The molecule has 0 saturated heterocycles. The van der Waals surface area contributed by atoms with Crippen molar-refractivity contribution in [2.75, 3.05) is 20.3 Å². The van der Waals surface area contributed by atoms with Gasteiger partial charge < -0.3 is 14.4 Å². The summed E-state index contributed by atoms with van der Waals surface area (Å²) in [5.41, 5.74) is 4.80. The van der Waals surface area contributed by atoms with Gasteiger partial charge in [0.25, 0.3) is 0 Å². The van der Waals surface area contributed by atoms with Crippen LogP contribution in [0, 0.1) is 16.6 Å². The topological polar surface area (TPSA) is 55.8 Å². The van der Waals surface area contributed by atoms with Crippen molar-refractivity contribution >= 4 is 23.2 Å². The number of rotatable bonds is 8. The van der Waals surface area contributed by atoms with Gasteiger partial charge in [-0.15, -0.1) is 0 Å². The molecule has 0 unspecified atom stereocenters. The van der Waals surface area contributed by atoms with Crippen molar-refractivity contribution in [1.82, 2.24) is 4.90 Å². The lowest BCUT2D eigenvalue weighted by molar-refractivity contribution is -0.119. The van der Waals surface area contributed by atoms with Gasteiger partial charge in [0.1, 0.15) is 18.2 Å². The standard InChI is InChI=1S/C34H39ClFNO4/c1-33(2)16-25-31(27(38)18-33)30(32-26(37(25)13-6-14-40-5)17-34(3,4)19-28(32)39)22-9-12-29(24(35)15-22)41-20-21-7-10-23(36)11-8-21/h7-12,15,30H,6,13-14,16-20H2,1-5H3. The van der Waals surface area contributed by atoms with E-state index in [1.807, 2.05) is 12.1 Å². The van der Waals surface area contributed by atoms with Gasteiger partial charge in [0.15, 0.2) is 11.6 Å². The SMILES string of the molecule is COCCCN1C2=C(C(=O)CC(C)(C)C2)C(c2ccc(OCc3ccc(F)cc3)c(Cl)c2)C2=C1CC(C)(C)CC2=O. The maximum absolute atomic E-state index is 13.9. The molecule has 3 aliphatic rings. The van der Waals surface area contributed by atoms with Crippen LogP contribution in [0.1, 0.15) is 76.8 Å². The van der Waals surface area contributed by atoms with Gasteiger partial charge in [-0.3, -0.25) is 9.59 Å². The molecular formula is C34H39ClFNO4. The molecule has 0 amide bonds. The summed E-state index contributed by atoms with van der Waals surface area (Å²) in [4.78, 5) is 30.1. The molecule has 2 aliphatic carbocycles. The molecule has 41 heavy (non-hydrogen) atoms. The number of benzene rings is 2. The van der Waals surface area contributed by atoms with Crippen LogP contribution in [-0.4, -0.2) is 36.7 Å². The first kappa shape index (κ1) is 29.5. The second-order valence-corrected chi connectivity index (χ2v) is 13.5. The minimum Gasteiger partial charge on any atom is -0.487 e. The van der Waals surface area contributed by atoms with Crippen molar-refractivity contribution in [2.45, 2.75) is 72.3 Å². The molecule has 218 valence electrons. The number of ether oxygens (including phenoxy) is 2. The molecule has 2 aromatic carbocycles. The third kappa shape index (κ3) is 6.14. The molecule has 0 atom stereocenters. The van der Waals surface area contributed by atoms with E-state index in [0.29, 0.717) is 36.8 Å². The second kappa shape index (κ2) is 11.4. The Kier molecular flexibility index (Phi) is 8.19. The molecule has 0 N–H and O–H groups in total. The van der Waals surface area contributed by atoms with Gasteiger partial charge in [0, 0.05) is 61.6 Å². The first-order valence-electron chi connectivity index (χ1n) is 14.3. The number of hydrogen-bond donors (Lipinski definition) is 0. The van der Waals surface area contributed by atoms with Crippen molar-refractivity contribution in [2.24, 2.45) is 10.8 Å². The van der Waals surface area contributed by atoms with E-state index in [9.17, 15) is 14.0 Å². The molecule has 1 heterocycles. The molecule has 5 nitrogen and oxygen atoms in total. The maximum Gasteiger partial charge on any atom is 0.162 e. The highest BCUT2D eigenvalue weighted by Gasteiger charge is 2.48. The van der Waals surface area contributed by atoms with Crippen molar-refractivity contribution in [3.05, 3.63) is 87.0 Å².